The SMILES string of the molecule is CC(C)CN(CC(=O)O)Cc1cc(Cl)cc2c1OCC2. The van der Waals surface area contributed by atoms with Crippen molar-refractivity contribution in [1.82, 2.24) is 4.90 Å². The molecule has 1 N–H and O–H groups in total. The Balaban J connectivity index is 2.19. The molecule has 4 nitrogen and oxygen atoms in total. The van der Waals surface area contributed by atoms with Gasteiger partial charge in [0.25, 0.3) is 0 Å². The van der Waals surface area contributed by atoms with Crippen LogP contribution in [0.4, 0.5) is 0 Å². The molecule has 0 saturated heterocycles. The van der Waals surface area contributed by atoms with E-state index in [1.165, 1.54) is 0 Å². The fourth-order valence-corrected chi connectivity index (χ4v) is 2.86. The van der Waals surface area contributed by atoms with Crippen molar-refractivity contribution in [2.24, 2.45) is 5.92 Å². The highest BCUT2D eigenvalue weighted by Gasteiger charge is 2.20. The van der Waals surface area contributed by atoms with Crippen LogP contribution in [0.5, 0.6) is 5.75 Å². The van der Waals surface area contributed by atoms with Gasteiger partial charge in [-0.2, -0.15) is 0 Å². The van der Waals surface area contributed by atoms with E-state index in [0.29, 0.717) is 24.1 Å². The van der Waals surface area contributed by atoms with Gasteiger partial charge in [0.15, 0.2) is 0 Å². The molecule has 1 aromatic rings. The van der Waals surface area contributed by atoms with Gasteiger partial charge in [-0.05, 0) is 23.6 Å². The summed E-state index contributed by atoms with van der Waals surface area (Å²) < 4.78 is 5.66. The maximum Gasteiger partial charge on any atom is 0.317 e. The Morgan fingerprint density at radius 1 is 1.50 bits per heavy atom. The average Bonchev–Trinajstić information content (AvgIpc) is 2.74. The number of hydrogen-bond donors (Lipinski definition) is 1. The normalized spacial score (nSPS) is 13.7. The van der Waals surface area contributed by atoms with E-state index in [1.807, 2.05) is 17.0 Å². The third-order valence-corrected chi connectivity index (χ3v) is 3.42. The predicted octanol–water partition coefficient (Wildman–Crippen LogP) is 2.82. The highest BCUT2D eigenvalue weighted by atomic mass is 35.5. The second-order valence-electron chi connectivity index (χ2n) is 5.61. The number of benzene rings is 1. The fraction of sp³-hybridized carbons (Fsp3) is 0.533. The zero-order chi connectivity index (χ0) is 14.7. The molecule has 1 aromatic carbocycles. The molecule has 0 aliphatic carbocycles. The Morgan fingerprint density at radius 3 is 2.90 bits per heavy atom. The molecular weight excluding hydrogens is 278 g/mol. The molecular formula is C15H20ClNO3. The van der Waals surface area contributed by atoms with Crippen LogP contribution < -0.4 is 4.74 Å². The lowest BCUT2D eigenvalue weighted by Gasteiger charge is -2.23. The van der Waals surface area contributed by atoms with Crippen LogP contribution in [0.25, 0.3) is 0 Å². The summed E-state index contributed by atoms with van der Waals surface area (Å²) in [5, 5.41) is 9.71. The molecule has 0 unspecified atom stereocenters. The number of hydrogen-bond acceptors (Lipinski definition) is 3. The quantitative estimate of drug-likeness (QED) is 0.877. The molecule has 0 fully saturated rings. The Kier molecular flexibility index (Phi) is 4.89. The molecule has 0 saturated carbocycles. The minimum absolute atomic E-state index is 0.0272. The summed E-state index contributed by atoms with van der Waals surface area (Å²) in [5.41, 5.74) is 2.10. The summed E-state index contributed by atoms with van der Waals surface area (Å²) in [4.78, 5) is 12.9. The van der Waals surface area contributed by atoms with Crippen molar-refractivity contribution in [3.63, 3.8) is 0 Å². The lowest BCUT2D eigenvalue weighted by molar-refractivity contribution is -0.138. The first-order valence-electron chi connectivity index (χ1n) is 6.84. The van der Waals surface area contributed by atoms with Crippen molar-refractivity contribution < 1.29 is 14.6 Å². The molecule has 0 radical (unpaired) electrons. The van der Waals surface area contributed by atoms with Crippen LogP contribution in [0, 0.1) is 5.92 Å². The second-order valence-corrected chi connectivity index (χ2v) is 6.05. The third-order valence-electron chi connectivity index (χ3n) is 3.20. The molecule has 110 valence electrons. The average molecular weight is 298 g/mol. The van der Waals surface area contributed by atoms with Crippen LogP contribution in [0.2, 0.25) is 5.02 Å². The monoisotopic (exact) mass is 297 g/mol. The number of rotatable bonds is 6. The predicted molar refractivity (Wildman–Crippen MR) is 78.4 cm³/mol. The lowest BCUT2D eigenvalue weighted by atomic mass is 10.1. The zero-order valence-electron chi connectivity index (χ0n) is 11.9. The lowest BCUT2D eigenvalue weighted by Crippen LogP contribution is -2.32. The van der Waals surface area contributed by atoms with Crippen molar-refractivity contribution in [1.29, 1.82) is 0 Å². The van der Waals surface area contributed by atoms with E-state index in [-0.39, 0.29) is 6.54 Å². The third kappa shape index (κ3) is 3.87. The van der Waals surface area contributed by atoms with Gasteiger partial charge in [0.2, 0.25) is 0 Å². The fourth-order valence-electron chi connectivity index (χ4n) is 2.60. The molecule has 1 heterocycles. The van der Waals surface area contributed by atoms with E-state index in [0.717, 1.165) is 29.8 Å². The molecule has 0 atom stereocenters. The van der Waals surface area contributed by atoms with E-state index in [9.17, 15) is 4.79 Å². The molecule has 0 aromatic heterocycles. The smallest absolute Gasteiger partial charge is 0.317 e. The van der Waals surface area contributed by atoms with E-state index >= 15 is 0 Å². The van der Waals surface area contributed by atoms with Gasteiger partial charge in [-0.15, -0.1) is 0 Å². The first-order chi connectivity index (χ1) is 9.45. The topological polar surface area (TPSA) is 49.8 Å². The Labute approximate surface area is 124 Å². The van der Waals surface area contributed by atoms with Crippen LogP contribution in [-0.2, 0) is 17.8 Å². The number of carboxylic acids is 1. The molecule has 0 amide bonds. The van der Waals surface area contributed by atoms with Gasteiger partial charge in [-0.25, -0.2) is 0 Å². The minimum atomic E-state index is -0.815. The van der Waals surface area contributed by atoms with Gasteiger partial charge in [0, 0.05) is 30.1 Å². The van der Waals surface area contributed by atoms with Gasteiger partial charge >= 0.3 is 5.97 Å². The maximum absolute atomic E-state index is 11.0. The van der Waals surface area contributed by atoms with Crippen molar-refractivity contribution >= 4 is 17.6 Å². The molecule has 0 bridgehead atoms. The van der Waals surface area contributed by atoms with Crippen molar-refractivity contribution in [2.45, 2.75) is 26.8 Å². The number of nitrogens with zero attached hydrogens (tertiary/aromatic N) is 1. The van der Waals surface area contributed by atoms with Gasteiger partial charge in [0.05, 0.1) is 13.2 Å². The molecule has 20 heavy (non-hydrogen) atoms. The zero-order valence-corrected chi connectivity index (χ0v) is 12.6. The van der Waals surface area contributed by atoms with Crippen LogP contribution in [0.1, 0.15) is 25.0 Å². The highest BCUT2D eigenvalue weighted by Crippen LogP contribution is 2.33. The summed E-state index contributed by atoms with van der Waals surface area (Å²) in [6, 6.07) is 3.80. The summed E-state index contributed by atoms with van der Waals surface area (Å²) in [6.45, 7) is 6.13. The van der Waals surface area contributed by atoms with Crippen LogP contribution in [0.3, 0.4) is 0 Å². The largest absolute Gasteiger partial charge is 0.493 e. The van der Waals surface area contributed by atoms with Gasteiger partial charge in [-0.1, -0.05) is 25.4 Å². The number of aliphatic carboxylic acids is 1. The van der Waals surface area contributed by atoms with Gasteiger partial charge < -0.3 is 9.84 Å². The Morgan fingerprint density at radius 2 is 2.25 bits per heavy atom. The molecule has 0 spiro atoms. The van der Waals surface area contributed by atoms with Crippen molar-refractivity contribution in [2.75, 3.05) is 19.7 Å². The molecule has 2 rings (SSSR count). The van der Waals surface area contributed by atoms with Gasteiger partial charge in [0.1, 0.15) is 5.75 Å². The summed E-state index contributed by atoms with van der Waals surface area (Å²) >= 11 is 6.13. The second kappa shape index (κ2) is 6.46. The number of fused-ring (bicyclic) bond motifs is 1. The standard InChI is InChI=1S/C15H20ClNO3/c1-10(2)7-17(9-14(18)19)8-12-6-13(16)5-11-3-4-20-15(11)12/h5-6,10H,3-4,7-9H2,1-2H3,(H,18,19). The number of ether oxygens (including phenoxy) is 1. The summed E-state index contributed by atoms with van der Waals surface area (Å²) in [7, 11) is 0. The van der Waals surface area contributed by atoms with Crippen LogP contribution in [0.15, 0.2) is 12.1 Å². The van der Waals surface area contributed by atoms with Gasteiger partial charge in [-0.3, -0.25) is 9.69 Å². The Bertz CT molecular complexity index is 502. The number of halogens is 1. The Hall–Kier alpha value is -1.26. The van der Waals surface area contributed by atoms with E-state index in [4.69, 9.17) is 21.4 Å². The van der Waals surface area contributed by atoms with E-state index < -0.39 is 5.97 Å². The molecule has 1 aliphatic rings. The van der Waals surface area contributed by atoms with Crippen molar-refractivity contribution in [3.05, 3.63) is 28.3 Å². The highest BCUT2D eigenvalue weighted by molar-refractivity contribution is 6.30. The van der Waals surface area contributed by atoms with Crippen molar-refractivity contribution in [3.8, 4) is 5.75 Å². The summed E-state index contributed by atoms with van der Waals surface area (Å²) in [6.07, 6.45) is 0.867. The summed E-state index contributed by atoms with van der Waals surface area (Å²) in [5.74, 6) is 0.473. The van der Waals surface area contributed by atoms with E-state index in [1.54, 1.807) is 0 Å². The van der Waals surface area contributed by atoms with Crippen LogP contribution >= 0.6 is 11.6 Å². The van der Waals surface area contributed by atoms with E-state index in [2.05, 4.69) is 13.8 Å². The number of carboxylic acid groups (broad SMARTS) is 1. The minimum Gasteiger partial charge on any atom is -0.493 e. The first-order valence-corrected chi connectivity index (χ1v) is 7.21. The molecule has 1 aliphatic heterocycles. The first kappa shape index (κ1) is 15.1. The molecule has 5 heteroatoms. The van der Waals surface area contributed by atoms with Crippen LogP contribution in [-0.4, -0.2) is 35.7 Å². The number of carbonyl (C=O) groups is 1. The maximum atomic E-state index is 11.0.